The Bertz CT molecular complexity index is 127. The van der Waals surface area contributed by atoms with E-state index >= 15 is 0 Å². The third-order valence-electron chi connectivity index (χ3n) is 1.47. The normalized spacial score (nSPS) is 11.8. The summed E-state index contributed by atoms with van der Waals surface area (Å²) >= 11 is 0. The van der Waals surface area contributed by atoms with Crippen LogP contribution in [0.4, 0.5) is 0 Å². The van der Waals surface area contributed by atoms with Crippen LogP contribution in [0.15, 0.2) is 23.8 Å². The van der Waals surface area contributed by atoms with Crippen LogP contribution < -0.4 is 0 Å². The van der Waals surface area contributed by atoms with Crippen molar-refractivity contribution in [3.05, 3.63) is 23.8 Å². The molecule has 0 saturated heterocycles. The van der Waals surface area contributed by atoms with Crippen molar-refractivity contribution >= 4 is 0 Å². The van der Waals surface area contributed by atoms with Crippen LogP contribution in [0.3, 0.4) is 0 Å². The highest BCUT2D eigenvalue weighted by Gasteiger charge is 1.95. The van der Waals surface area contributed by atoms with Gasteiger partial charge in [-0.25, -0.2) is 0 Å². The van der Waals surface area contributed by atoms with Crippen LogP contribution in [0.1, 0.15) is 48.0 Å². The van der Waals surface area contributed by atoms with Gasteiger partial charge in [0.15, 0.2) is 0 Å². The van der Waals surface area contributed by atoms with E-state index in [2.05, 4.69) is 45.9 Å². The Morgan fingerprint density at radius 1 is 1.25 bits per heavy atom. The minimum Gasteiger partial charge on any atom is -0.0874 e. The third-order valence-corrected chi connectivity index (χ3v) is 1.47. The summed E-state index contributed by atoms with van der Waals surface area (Å²) in [5.41, 5.74) is 1.45. The van der Waals surface area contributed by atoms with Crippen LogP contribution in [0, 0.1) is 5.92 Å². The fraction of sp³-hybridized carbons (Fsp3) is 0.667. The van der Waals surface area contributed by atoms with Crippen molar-refractivity contribution in [1.82, 2.24) is 0 Å². The fourth-order valence-electron chi connectivity index (χ4n) is 0.924. The summed E-state index contributed by atoms with van der Waals surface area (Å²) in [4.78, 5) is 0. The summed E-state index contributed by atoms with van der Waals surface area (Å²) in [7, 11) is 0. The minimum absolute atomic E-state index is 0.663. The Morgan fingerprint density at radius 2 is 1.75 bits per heavy atom. The molecule has 0 aliphatic carbocycles. The van der Waals surface area contributed by atoms with Crippen molar-refractivity contribution in [2.45, 2.75) is 48.0 Å². The molecule has 0 aromatic heterocycles. The lowest BCUT2D eigenvalue weighted by molar-refractivity contribution is 0.785. The Hall–Kier alpha value is -0.520. The van der Waals surface area contributed by atoms with E-state index in [1.165, 1.54) is 5.57 Å². The van der Waals surface area contributed by atoms with Crippen molar-refractivity contribution in [2.75, 3.05) is 0 Å². The van der Waals surface area contributed by atoms with Crippen molar-refractivity contribution in [3.8, 4) is 0 Å². The van der Waals surface area contributed by atoms with Gasteiger partial charge >= 0.3 is 0 Å². The number of hydrogen-bond donors (Lipinski definition) is 0. The second kappa shape index (κ2) is 10.5. The molecule has 0 N–H and O–H groups in total. The first-order valence-electron chi connectivity index (χ1n) is 5.05. The van der Waals surface area contributed by atoms with Gasteiger partial charge in [0.25, 0.3) is 0 Å². The van der Waals surface area contributed by atoms with Gasteiger partial charge in [-0.05, 0) is 24.8 Å². The molecule has 0 rings (SSSR count). The Kier molecular flexibility index (Phi) is 12.3. The third kappa shape index (κ3) is 7.59. The summed E-state index contributed by atoms with van der Waals surface area (Å²) in [6.07, 6.45) is 7.71. The zero-order chi connectivity index (χ0) is 9.98. The van der Waals surface area contributed by atoms with Gasteiger partial charge in [-0.3, -0.25) is 0 Å². The molecule has 0 bridgehead atoms. The summed E-state index contributed by atoms with van der Waals surface area (Å²) in [6.45, 7) is 12.7. The highest BCUT2D eigenvalue weighted by molar-refractivity contribution is 5.19. The highest BCUT2D eigenvalue weighted by Crippen LogP contribution is 2.11. The average Bonchev–Trinajstić information content (AvgIpc) is 2.08. The van der Waals surface area contributed by atoms with E-state index in [4.69, 9.17) is 0 Å². The molecule has 0 nitrogen and oxygen atoms in total. The molecule has 0 heterocycles. The molecular formula is C12H24. The maximum absolute atomic E-state index is 2.28. The maximum atomic E-state index is 2.28. The second-order valence-corrected chi connectivity index (χ2v) is 2.77. The molecule has 0 spiro atoms. The minimum atomic E-state index is 0.663. The predicted octanol–water partition coefficient (Wildman–Crippen LogP) is 4.58. The quantitative estimate of drug-likeness (QED) is 0.541. The van der Waals surface area contributed by atoms with E-state index < -0.39 is 0 Å². The monoisotopic (exact) mass is 168 g/mol. The van der Waals surface area contributed by atoms with Gasteiger partial charge in [0.1, 0.15) is 0 Å². The van der Waals surface area contributed by atoms with Gasteiger partial charge < -0.3 is 0 Å². The van der Waals surface area contributed by atoms with Crippen LogP contribution in [0.25, 0.3) is 0 Å². The molecule has 0 unspecified atom stereocenters. The molecule has 0 amide bonds. The molecule has 0 saturated carbocycles. The molecule has 0 aliphatic rings. The van der Waals surface area contributed by atoms with E-state index in [9.17, 15) is 0 Å². The predicted molar refractivity (Wildman–Crippen MR) is 59.4 cm³/mol. The SMILES string of the molecule is C/C=C\C(=C/CC)C(C)C.CC. The summed E-state index contributed by atoms with van der Waals surface area (Å²) < 4.78 is 0. The molecule has 0 fully saturated rings. The Labute approximate surface area is 78.4 Å². The zero-order valence-electron chi connectivity index (χ0n) is 9.52. The lowest BCUT2D eigenvalue weighted by Gasteiger charge is -2.04. The zero-order valence-corrected chi connectivity index (χ0v) is 9.52. The summed E-state index contributed by atoms with van der Waals surface area (Å²) in [5.74, 6) is 0.663. The Balaban J connectivity index is 0. The lowest BCUT2D eigenvalue weighted by atomic mass is 10.0. The van der Waals surface area contributed by atoms with Gasteiger partial charge in [0.2, 0.25) is 0 Å². The number of rotatable bonds is 3. The molecule has 72 valence electrons. The van der Waals surface area contributed by atoms with Gasteiger partial charge in [-0.1, -0.05) is 52.8 Å². The van der Waals surface area contributed by atoms with Gasteiger partial charge in [0.05, 0.1) is 0 Å². The molecule has 0 radical (unpaired) electrons. The van der Waals surface area contributed by atoms with Crippen molar-refractivity contribution in [1.29, 1.82) is 0 Å². The van der Waals surface area contributed by atoms with Crippen LogP contribution >= 0.6 is 0 Å². The summed E-state index contributed by atoms with van der Waals surface area (Å²) in [6, 6.07) is 0. The average molecular weight is 168 g/mol. The van der Waals surface area contributed by atoms with Crippen LogP contribution in [0.5, 0.6) is 0 Å². The molecule has 12 heavy (non-hydrogen) atoms. The van der Waals surface area contributed by atoms with E-state index in [1.807, 2.05) is 13.8 Å². The topological polar surface area (TPSA) is 0 Å². The van der Waals surface area contributed by atoms with Crippen molar-refractivity contribution in [3.63, 3.8) is 0 Å². The van der Waals surface area contributed by atoms with Crippen molar-refractivity contribution in [2.24, 2.45) is 5.92 Å². The van der Waals surface area contributed by atoms with E-state index in [1.54, 1.807) is 0 Å². The first kappa shape index (κ1) is 14.0. The standard InChI is InChI=1S/C10H18.C2H6/c1-5-7-10(8-6-2)9(3)4;1-2/h5,7-9H,6H2,1-4H3;1-2H3/b7-5-,10-8+;. The number of allylic oxidation sites excluding steroid dienone is 4. The largest absolute Gasteiger partial charge is 0.0874 e. The van der Waals surface area contributed by atoms with Crippen LogP contribution in [-0.2, 0) is 0 Å². The maximum Gasteiger partial charge on any atom is -0.0222 e. The van der Waals surface area contributed by atoms with Crippen LogP contribution in [-0.4, -0.2) is 0 Å². The molecular weight excluding hydrogens is 144 g/mol. The molecule has 0 heteroatoms. The van der Waals surface area contributed by atoms with E-state index in [0.717, 1.165) is 6.42 Å². The fourth-order valence-corrected chi connectivity index (χ4v) is 0.924. The van der Waals surface area contributed by atoms with Gasteiger partial charge in [-0.15, -0.1) is 0 Å². The molecule has 0 atom stereocenters. The number of hydrogen-bond acceptors (Lipinski definition) is 0. The van der Waals surface area contributed by atoms with E-state index in [0.29, 0.717) is 5.92 Å². The molecule has 0 aromatic rings. The molecule has 0 aliphatic heterocycles. The smallest absolute Gasteiger partial charge is 0.0222 e. The van der Waals surface area contributed by atoms with Gasteiger partial charge in [0, 0.05) is 0 Å². The lowest BCUT2D eigenvalue weighted by Crippen LogP contribution is -1.89. The Morgan fingerprint density at radius 3 is 2.00 bits per heavy atom. The van der Waals surface area contributed by atoms with Crippen LogP contribution in [0.2, 0.25) is 0 Å². The van der Waals surface area contributed by atoms with Crippen molar-refractivity contribution < 1.29 is 0 Å². The van der Waals surface area contributed by atoms with Gasteiger partial charge in [-0.2, -0.15) is 0 Å². The second-order valence-electron chi connectivity index (χ2n) is 2.77. The first-order valence-corrected chi connectivity index (χ1v) is 5.05. The molecule has 0 aromatic carbocycles. The first-order chi connectivity index (χ1) is 5.72. The summed E-state index contributed by atoms with van der Waals surface area (Å²) in [5, 5.41) is 0. The van der Waals surface area contributed by atoms with E-state index in [-0.39, 0.29) is 0 Å². The highest BCUT2D eigenvalue weighted by atomic mass is 14.0.